The van der Waals surface area contributed by atoms with Crippen LogP contribution in [0.15, 0.2) is 12.4 Å². The van der Waals surface area contributed by atoms with Crippen LogP contribution in [0.2, 0.25) is 0 Å². The van der Waals surface area contributed by atoms with E-state index < -0.39 is 11.6 Å². The van der Waals surface area contributed by atoms with Crippen molar-refractivity contribution >= 4 is 17.7 Å². The van der Waals surface area contributed by atoms with Crippen molar-refractivity contribution in [2.75, 3.05) is 6.61 Å². The average molecular weight is 419 g/mol. The summed E-state index contributed by atoms with van der Waals surface area (Å²) >= 11 is 0. The summed E-state index contributed by atoms with van der Waals surface area (Å²) in [6.07, 6.45) is 8.91. The second kappa shape index (κ2) is 9.31. The number of hydrogen-bond acceptors (Lipinski definition) is 6. The minimum atomic E-state index is -0.447. The lowest BCUT2D eigenvalue weighted by molar-refractivity contribution is -0.164. The fourth-order valence-electron chi connectivity index (χ4n) is 4.39. The molecule has 166 valence electrons. The molecule has 0 unspecified atom stereocenters. The molecule has 7 heteroatoms. The third-order valence-corrected chi connectivity index (χ3v) is 6.13. The van der Waals surface area contributed by atoms with Crippen molar-refractivity contribution in [2.24, 2.45) is 11.8 Å². The van der Waals surface area contributed by atoms with Crippen molar-refractivity contribution in [2.45, 2.75) is 90.2 Å². The van der Waals surface area contributed by atoms with Crippen LogP contribution in [0.1, 0.15) is 90.2 Å². The number of rotatable bonds is 7. The molecule has 0 bridgehead atoms. The summed E-state index contributed by atoms with van der Waals surface area (Å²) in [5, 5.41) is 4.53. The molecule has 0 atom stereocenters. The first-order valence-corrected chi connectivity index (χ1v) is 11.1. The molecule has 0 aliphatic heterocycles. The minimum Gasteiger partial charge on any atom is -0.466 e. The Labute approximate surface area is 178 Å². The molecule has 0 amide bonds. The number of ketones is 1. The predicted molar refractivity (Wildman–Crippen MR) is 111 cm³/mol. The fraction of sp³-hybridized carbons (Fsp3) is 0.739. The van der Waals surface area contributed by atoms with Crippen LogP contribution in [0.3, 0.4) is 0 Å². The molecule has 2 saturated carbocycles. The van der Waals surface area contributed by atoms with Crippen LogP contribution in [-0.2, 0) is 23.9 Å². The molecule has 0 saturated heterocycles. The maximum atomic E-state index is 12.3. The van der Waals surface area contributed by atoms with Gasteiger partial charge in [-0.25, -0.2) is 0 Å². The predicted octanol–water partition coefficient (Wildman–Crippen LogP) is 3.97. The Balaban J connectivity index is 1.45. The van der Waals surface area contributed by atoms with Crippen LogP contribution in [0.4, 0.5) is 0 Å². The summed E-state index contributed by atoms with van der Waals surface area (Å²) < 4.78 is 12.3. The molecule has 0 spiro atoms. The zero-order valence-electron chi connectivity index (χ0n) is 18.6. The Kier molecular flexibility index (Phi) is 6.98. The van der Waals surface area contributed by atoms with Gasteiger partial charge in [0, 0.05) is 12.1 Å². The van der Waals surface area contributed by atoms with E-state index in [0.717, 1.165) is 38.5 Å². The highest BCUT2D eigenvalue weighted by molar-refractivity contribution is 5.96. The number of aromatic nitrogens is 2. The van der Waals surface area contributed by atoms with E-state index in [1.165, 1.54) is 5.56 Å². The first-order chi connectivity index (χ1) is 14.2. The third kappa shape index (κ3) is 5.70. The molecule has 0 aromatic carbocycles. The van der Waals surface area contributed by atoms with Crippen LogP contribution in [0.25, 0.3) is 0 Å². The molecular formula is C23H34N2O5. The van der Waals surface area contributed by atoms with Gasteiger partial charge in [-0.2, -0.15) is 5.10 Å². The summed E-state index contributed by atoms with van der Waals surface area (Å²) in [7, 11) is 0. The van der Waals surface area contributed by atoms with Crippen LogP contribution in [0, 0.1) is 11.8 Å². The molecule has 3 rings (SSSR count). The van der Waals surface area contributed by atoms with Gasteiger partial charge in [-0.1, -0.05) is 0 Å². The van der Waals surface area contributed by atoms with E-state index in [2.05, 4.69) is 11.3 Å². The second-order valence-corrected chi connectivity index (χ2v) is 9.61. The number of Topliss-reactive ketones (excluding diaryl/α,β-unsaturated/α-hetero) is 1. The Morgan fingerprint density at radius 3 is 2.37 bits per heavy atom. The van der Waals surface area contributed by atoms with Crippen LogP contribution < -0.4 is 0 Å². The largest absolute Gasteiger partial charge is 0.466 e. The Morgan fingerprint density at radius 2 is 1.77 bits per heavy atom. The minimum absolute atomic E-state index is 0.00486. The van der Waals surface area contributed by atoms with E-state index in [1.54, 1.807) is 6.92 Å². The highest BCUT2D eigenvalue weighted by atomic mass is 16.6. The van der Waals surface area contributed by atoms with Gasteiger partial charge in [0.2, 0.25) is 0 Å². The third-order valence-electron chi connectivity index (χ3n) is 6.13. The van der Waals surface area contributed by atoms with Crippen molar-refractivity contribution < 1.29 is 23.9 Å². The van der Waals surface area contributed by atoms with Gasteiger partial charge in [-0.05, 0) is 77.7 Å². The molecule has 1 heterocycles. The second-order valence-electron chi connectivity index (χ2n) is 9.61. The Morgan fingerprint density at radius 1 is 1.10 bits per heavy atom. The van der Waals surface area contributed by atoms with Gasteiger partial charge in [0.1, 0.15) is 17.8 Å². The van der Waals surface area contributed by atoms with Crippen molar-refractivity contribution in [3.63, 3.8) is 0 Å². The molecule has 2 aliphatic rings. The number of nitrogens with zero attached hydrogens (tertiary/aromatic N) is 2. The van der Waals surface area contributed by atoms with E-state index in [9.17, 15) is 14.4 Å². The van der Waals surface area contributed by atoms with E-state index in [4.69, 9.17) is 9.47 Å². The first kappa shape index (κ1) is 22.5. The van der Waals surface area contributed by atoms with E-state index >= 15 is 0 Å². The molecule has 1 aromatic rings. The monoisotopic (exact) mass is 418 g/mol. The van der Waals surface area contributed by atoms with E-state index in [1.807, 2.05) is 31.6 Å². The molecule has 2 aliphatic carbocycles. The zero-order chi connectivity index (χ0) is 21.9. The van der Waals surface area contributed by atoms with Gasteiger partial charge in [-0.15, -0.1) is 0 Å². The van der Waals surface area contributed by atoms with Gasteiger partial charge < -0.3 is 9.47 Å². The molecule has 1 aromatic heterocycles. The van der Waals surface area contributed by atoms with Crippen molar-refractivity contribution in [1.82, 2.24) is 9.78 Å². The average Bonchev–Trinajstić information content (AvgIpc) is 3.08. The Hall–Kier alpha value is -2.18. The maximum absolute atomic E-state index is 12.3. The summed E-state index contributed by atoms with van der Waals surface area (Å²) in [6.45, 7) is 7.72. The van der Waals surface area contributed by atoms with Gasteiger partial charge in [0.15, 0.2) is 0 Å². The zero-order valence-corrected chi connectivity index (χ0v) is 18.6. The molecule has 7 nitrogen and oxygen atoms in total. The van der Waals surface area contributed by atoms with Gasteiger partial charge in [-0.3, -0.25) is 19.1 Å². The van der Waals surface area contributed by atoms with Crippen LogP contribution >= 0.6 is 0 Å². The standard InChI is InChI=1S/C23H34N2O5/c1-5-29-21(27)12-20(26)16-8-6-15(7-9-16)18-13-24-25(14-18)19-10-17(11-19)22(28)30-23(2,3)4/h13-17,19H,5-12H2,1-4H3. The topological polar surface area (TPSA) is 87.5 Å². The highest BCUT2D eigenvalue weighted by Gasteiger charge is 2.39. The summed E-state index contributed by atoms with van der Waals surface area (Å²) in [5.41, 5.74) is 0.754. The lowest BCUT2D eigenvalue weighted by Crippen LogP contribution is -2.37. The number of carbonyl (C=O) groups is 3. The number of carbonyl (C=O) groups excluding carboxylic acids is 3. The van der Waals surface area contributed by atoms with E-state index in [0.29, 0.717) is 12.5 Å². The summed E-state index contributed by atoms with van der Waals surface area (Å²) in [5.74, 6) is -0.213. The highest BCUT2D eigenvalue weighted by Crippen LogP contribution is 2.41. The molecule has 0 N–H and O–H groups in total. The van der Waals surface area contributed by atoms with Crippen LogP contribution in [-0.4, -0.2) is 39.7 Å². The lowest BCUT2D eigenvalue weighted by Gasteiger charge is -2.35. The van der Waals surface area contributed by atoms with Crippen LogP contribution in [0.5, 0.6) is 0 Å². The number of hydrogen-bond donors (Lipinski definition) is 0. The first-order valence-electron chi connectivity index (χ1n) is 11.1. The quantitative estimate of drug-likeness (QED) is 0.492. The normalized spacial score (nSPS) is 26.5. The smallest absolute Gasteiger partial charge is 0.313 e. The fourth-order valence-corrected chi connectivity index (χ4v) is 4.39. The summed E-state index contributed by atoms with van der Waals surface area (Å²) in [6, 6.07) is 0.249. The van der Waals surface area contributed by atoms with Gasteiger partial charge in [0.05, 0.1) is 24.8 Å². The molecule has 30 heavy (non-hydrogen) atoms. The van der Waals surface area contributed by atoms with Gasteiger partial charge in [0.25, 0.3) is 0 Å². The lowest BCUT2D eigenvalue weighted by atomic mass is 9.77. The van der Waals surface area contributed by atoms with Crippen molar-refractivity contribution in [3.8, 4) is 0 Å². The summed E-state index contributed by atoms with van der Waals surface area (Å²) in [4.78, 5) is 36.0. The molecule has 2 fully saturated rings. The van der Waals surface area contributed by atoms with Crippen molar-refractivity contribution in [1.29, 1.82) is 0 Å². The van der Waals surface area contributed by atoms with Gasteiger partial charge >= 0.3 is 11.9 Å². The molecule has 0 radical (unpaired) electrons. The van der Waals surface area contributed by atoms with Crippen molar-refractivity contribution in [3.05, 3.63) is 18.0 Å². The number of esters is 2. The van der Waals surface area contributed by atoms with E-state index in [-0.39, 0.29) is 36.1 Å². The maximum Gasteiger partial charge on any atom is 0.313 e. The SMILES string of the molecule is CCOC(=O)CC(=O)C1CCC(c2cnn(C3CC(C(=O)OC(C)(C)C)C3)c2)CC1. The molecular weight excluding hydrogens is 384 g/mol. The number of ether oxygens (including phenoxy) is 2. The Bertz CT molecular complexity index is 765.